The van der Waals surface area contributed by atoms with E-state index in [4.69, 9.17) is 0 Å². The molecular formula is C17H15N3O2. The van der Waals surface area contributed by atoms with Gasteiger partial charge in [0.1, 0.15) is 0 Å². The summed E-state index contributed by atoms with van der Waals surface area (Å²) >= 11 is 0. The zero-order valence-corrected chi connectivity index (χ0v) is 12.0. The number of hydrogen-bond acceptors (Lipinski definition) is 3. The molecule has 3 rings (SSSR count). The van der Waals surface area contributed by atoms with E-state index in [0.717, 1.165) is 10.9 Å². The van der Waals surface area contributed by atoms with Crippen LogP contribution in [-0.4, -0.2) is 15.9 Å². The molecule has 0 saturated carbocycles. The van der Waals surface area contributed by atoms with E-state index in [-0.39, 0.29) is 17.5 Å². The number of hydrogen-bond donors (Lipinski definition) is 2. The van der Waals surface area contributed by atoms with E-state index < -0.39 is 0 Å². The van der Waals surface area contributed by atoms with Gasteiger partial charge in [0.15, 0.2) is 0 Å². The largest absolute Gasteiger partial charge is 0.345 e. The van der Waals surface area contributed by atoms with Crippen LogP contribution in [0.5, 0.6) is 0 Å². The predicted molar refractivity (Wildman–Crippen MR) is 84.7 cm³/mol. The number of pyridine rings is 2. The number of H-pyrrole nitrogens is 1. The standard InChI is InChI=1S/C17H15N3O2/c1-11(12-6-8-18-9-7-12)19-17(22)14-10-16(21)20-15-5-3-2-4-13(14)15/h2-11H,1H3,(H,19,22)(H,20,21)/t11-/m1/s1. The van der Waals surface area contributed by atoms with Crippen LogP contribution in [0, 0.1) is 0 Å². The lowest BCUT2D eigenvalue weighted by molar-refractivity contribution is 0.0941. The number of para-hydroxylation sites is 1. The summed E-state index contributed by atoms with van der Waals surface area (Å²) in [6, 6.07) is 12.1. The molecule has 1 atom stereocenters. The van der Waals surface area contributed by atoms with Gasteiger partial charge >= 0.3 is 0 Å². The highest BCUT2D eigenvalue weighted by atomic mass is 16.2. The van der Waals surface area contributed by atoms with Crippen LogP contribution in [0.1, 0.15) is 28.9 Å². The Bertz CT molecular complexity index is 872. The molecule has 0 aliphatic rings. The number of rotatable bonds is 3. The molecule has 0 fully saturated rings. The van der Waals surface area contributed by atoms with Crippen LogP contribution >= 0.6 is 0 Å². The van der Waals surface area contributed by atoms with E-state index in [1.807, 2.05) is 37.3 Å². The van der Waals surface area contributed by atoms with Crippen molar-refractivity contribution in [2.24, 2.45) is 0 Å². The molecule has 0 spiro atoms. The lowest BCUT2D eigenvalue weighted by atomic mass is 10.1. The van der Waals surface area contributed by atoms with Gasteiger partial charge in [-0.05, 0) is 30.7 Å². The maximum absolute atomic E-state index is 12.5. The Kier molecular flexibility index (Phi) is 3.70. The normalized spacial score (nSPS) is 12.0. The Morgan fingerprint density at radius 1 is 1.18 bits per heavy atom. The van der Waals surface area contributed by atoms with Crippen LogP contribution in [0.2, 0.25) is 0 Å². The number of carbonyl (C=O) groups excluding carboxylic acids is 1. The Morgan fingerprint density at radius 3 is 2.68 bits per heavy atom. The third-order valence-corrected chi connectivity index (χ3v) is 3.55. The molecule has 1 amide bonds. The first-order valence-corrected chi connectivity index (χ1v) is 6.98. The van der Waals surface area contributed by atoms with Gasteiger partial charge in [-0.2, -0.15) is 0 Å². The Balaban J connectivity index is 1.94. The maximum Gasteiger partial charge on any atom is 0.252 e. The highest BCUT2D eigenvalue weighted by Gasteiger charge is 2.14. The number of benzene rings is 1. The number of amides is 1. The second kappa shape index (κ2) is 5.81. The smallest absolute Gasteiger partial charge is 0.252 e. The third kappa shape index (κ3) is 2.74. The summed E-state index contributed by atoms with van der Waals surface area (Å²) in [6.07, 6.45) is 3.36. The van der Waals surface area contributed by atoms with E-state index in [1.54, 1.807) is 18.5 Å². The molecule has 2 heterocycles. The van der Waals surface area contributed by atoms with E-state index in [9.17, 15) is 9.59 Å². The second-order valence-electron chi connectivity index (χ2n) is 5.07. The van der Waals surface area contributed by atoms with Crippen LogP contribution in [0.3, 0.4) is 0 Å². The zero-order chi connectivity index (χ0) is 15.5. The molecule has 0 bridgehead atoms. The number of nitrogens with zero attached hydrogens (tertiary/aromatic N) is 1. The second-order valence-corrected chi connectivity index (χ2v) is 5.07. The summed E-state index contributed by atoms with van der Waals surface area (Å²) < 4.78 is 0. The van der Waals surface area contributed by atoms with E-state index >= 15 is 0 Å². The van der Waals surface area contributed by atoms with Crippen molar-refractivity contribution in [3.63, 3.8) is 0 Å². The molecule has 0 radical (unpaired) electrons. The predicted octanol–water partition coefficient (Wildman–Crippen LogP) is 2.41. The third-order valence-electron chi connectivity index (χ3n) is 3.55. The molecule has 5 nitrogen and oxygen atoms in total. The molecule has 5 heteroatoms. The fraction of sp³-hybridized carbons (Fsp3) is 0.118. The summed E-state index contributed by atoms with van der Waals surface area (Å²) in [4.78, 5) is 30.9. The molecule has 0 aliphatic carbocycles. The van der Waals surface area contributed by atoms with Crippen molar-refractivity contribution in [3.05, 3.63) is 76.3 Å². The molecule has 22 heavy (non-hydrogen) atoms. The molecule has 0 unspecified atom stereocenters. The van der Waals surface area contributed by atoms with E-state index in [0.29, 0.717) is 11.1 Å². The van der Waals surface area contributed by atoms with Gasteiger partial charge in [0.25, 0.3) is 5.91 Å². The first-order chi connectivity index (χ1) is 10.6. The molecule has 1 aromatic carbocycles. The van der Waals surface area contributed by atoms with Gasteiger partial charge < -0.3 is 10.3 Å². The monoisotopic (exact) mass is 293 g/mol. The summed E-state index contributed by atoms with van der Waals surface area (Å²) in [5.74, 6) is -0.272. The molecule has 0 aliphatic heterocycles. The summed E-state index contributed by atoms with van der Waals surface area (Å²) in [5, 5.41) is 3.64. The van der Waals surface area contributed by atoms with Crippen LogP contribution in [0.4, 0.5) is 0 Å². The Labute approximate surface area is 127 Å². The van der Waals surface area contributed by atoms with Crippen molar-refractivity contribution in [2.75, 3.05) is 0 Å². The average molecular weight is 293 g/mol. The average Bonchev–Trinajstić information content (AvgIpc) is 2.54. The fourth-order valence-electron chi connectivity index (χ4n) is 2.40. The van der Waals surface area contributed by atoms with Crippen molar-refractivity contribution in [1.29, 1.82) is 0 Å². The number of carbonyl (C=O) groups is 1. The van der Waals surface area contributed by atoms with Crippen molar-refractivity contribution in [3.8, 4) is 0 Å². The number of fused-ring (bicyclic) bond motifs is 1. The first-order valence-electron chi connectivity index (χ1n) is 6.98. The first kappa shape index (κ1) is 14.0. The maximum atomic E-state index is 12.5. The molecule has 110 valence electrons. The molecule has 2 N–H and O–H groups in total. The van der Waals surface area contributed by atoms with Gasteiger partial charge in [-0.3, -0.25) is 14.6 Å². The minimum Gasteiger partial charge on any atom is -0.345 e. The van der Waals surface area contributed by atoms with Crippen LogP contribution in [0.25, 0.3) is 10.9 Å². The molecule has 0 saturated heterocycles. The SMILES string of the molecule is C[C@@H](NC(=O)c1cc(=O)[nH]c2ccccc12)c1ccncc1. The number of aromatic nitrogens is 2. The summed E-state index contributed by atoms with van der Waals surface area (Å²) in [6.45, 7) is 1.89. The minimum absolute atomic E-state index is 0.173. The van der Waals surface area contributed by atoms with Gasteiger partial charge in [0, 0.05) is 29.4 Å². The molecule has 2 aromatic heterocycles. The van der Waals surface area contributed by atoms with Crippen molar-refractivity contribution < 1.29 is 4.79 Å². The summed E-state index contributed by atoms with van der Waals surface area (Å²) in [7, 11) is 0. The van der Waals surface area contributed by atoms with Crippen molar-refractivity contribution in [2.45, 2.75) is 13.0 Å². The van der Waals surface area contributed by atoms with Crippen molar-refractivity contribution in [1.82, 2.24) is 15.3 Å². The van der Waals surface area contributed by atoms with Crippen LogP contribution in [0.15, 0.2) is 59.7 Å². The number of aromatic amines is 1. The Hall–Kier alpha value is -2.95. The minimum atomic E-state index is -0.291. The van der Waals surface area contributed by atoms with E-state index in [2.05, 4.69) is 15.3 Å². The van der Waals surface area contributed by atoms with E-state index in [1.165, 1.54) is 6.07 Å². The topological polar surface area (TPSA) is 74.8 Å². The van der Waals surface area contributed by atoms with Gasteiger partial charge in [-0.15, -0.1) is 0 Å². The van der Waals surface area contributed by atoms with Crippen molar-refractivity contribution >= 4 is 16.8 Å². The molecule has 3 aromatic rings. The lowest BCUT2D eigenvalue weighted by Gasteiger charge is -2.15. The highest BCUT2D eigenvalue weighted by molar-refractivity contribution is 6.06. The Morgan fingerprint density at radius 2 is 1.91 bits per heavy atom. The number of nitrogens with one attached hydrogen (secondary N) is 2. The van der Waals surface area contributed by atoms with Crippen LogP contribution in [-0.2, 0) is 0 Å². The summed E-state index contributed by atoms with van der Waals surface area (Å²) in [5.41, 5.74) is 1.69. The van der Waals surface area contributed by atoms with Gasteiger partial charge in [0.05, 0.1) is 11.6 Å². The lowest BCUT2D eigenvalue weighted by Crippen LogP contribution is -2.28. The van der Waals surface area contributed by atoms with Crippen LogP contribution < -0.4 is 10.9 Å². The molecular weight excluding hydrogens is 278 g/mol. The van der Waals surface area contributed by atoms with Gasteiger partial charge in [0.2, 0.25) is 5.56 Å². The highest BCUT2D eigenvalue weighted by Crippen LogP contribution is 2.16. The van der Waals surface area contributed by atoms with Gasteiger partial charge in [-0.1, -0.05) is 18.2 Å². The fourth-order valence-corrected chi connectivity index (χ4v) is 2.40. The zero-order valence-electron chi connectivity index (χ0n) is 12.0. The quantitative estimate of drug-likeness (QED) is 0.778. The van der Waals surface area contributed by atoms with Gasteiger partial charge in [-0.25, -0.2) is 0 Å².